The zero-order valence-electron chi connectivity index (χ0n) is 16.8. The number of hydrogen-bond donors (Lipinski definition) is 0. The molecule has 2 heterocycles. The molecule has 0 aromatic heterocycles. The first-order chi connectivity index (χ1) is 14.1. The predicted molar refractivity (Wildman–Crippen MR) is 125 cm³/mol. The van der Waals surface area contributed by atoms with Crippen molar-refractivity contribution in [3.8, 4) is 0 Å². The number of nitrogens with zero attached hydrogens (tertiary/aromatic N) is 3. The van der Waals surface area contributed by atoms with Gasteiger partial charge >= 0.3 is 0 Å². The van der Waals surface area contributed by atoms with Gasteiger partial charge in [0.05, 0.1) is 21.3 Å². The van der Waals surface area contributed by atoms with E-state index in [0.29, 0.717) is 11.4 Å². The van der Waals surface area contributed by atoms with Gasteiger partial charge in [0.15, 0.2) is 5.17 Å². The molecule has 2 aromatic rings. The summed E-state index contributed by atoms with van der Waals surface area (Å²) in [5.41, 5.74) is 3.29. The fourth-order valence-electron chi connectivity index (χ4n) is 3.26. The van der Waals surface area contributed by atoms with Gasteiger partial charge in [0, 0.05) is 18.0 Å². The Morgan fingerprint density at radius 1 is 0.931 bits per heavy atom. The average molecular weight is 422 g/mol. The highest BCUT2D eigenvalue weighted by Gasteiger charge is 2.32. The summed E-state index contributed by atoms with van der Waals surface area (Å²) in [6.07, 6.45) is 3.99. The van der Waals surface area contributed by atoms with E-state index in [1.807, 2.05) is 37.3 Å². The maximum atomic E-state index is 12.9. The number of amides is 1. The topological polar surface area (TPSA) is 35.9 Å². The smallest absolute Gasteiger partial charge is 0.266 e. The summed E-state index contributed by atoms with van der Waals surface area (Å²) in [7, 11) is 0. The Bertz CT molecular complexity index is 1020. The Hall–Kier alpha value is -2.44. The Kier molecular flexibility index (Phi) is 5.83. The molecule has 4 nitrogen and oxygen atoms in total. The molecule has 4 rings (SSSR count). The van der Waals surface area contributed by atoms with Crippen LogP contribution in [0.15, 0.2) is 80.5 Å². The minimum Gasteiger partial charge on any atom is -0.335 e. The second kappa shape index (κ2) is 8.51. The summed E-state index contributed by atoms with van der Waals surface area (Å²) in [5.74, 6) is 0.0174. The van der Waals surface area contributed by atoms with Crippen LogP contribution in [0.25, 0.3) is 0 Å². The third-order valence-corrected chi connectivity index (χ3v) is 6.95. The number of hydrogen-bond acceptors (Lipinski definition) is 5. The van der Waals surface area contributed by atoms with Crippen molar-refractivity contribution in [2.75, 3.05) is 18.0 Å². The van der Waals surface area contributed by atoms with Gasteiger partial charge < -0.3 is 4.90 Å². The first-order valence-electron chi connectivity index (χ1n) is 9.72. The van der Waals surface area contributed by atoms with Gasteiger partial charge in [0.2, 0.25) is 0 Å². The van der Waals surface area contributed by atoms with Gasteiger partial charge in [-0.25, -0.2) is 4.99 Å². The highest BCUT2D eigenvalue weighted by Crippen LogP contribution is 2.45. The predicted octanol–water partition coefficient (Wildman–Crippen LogP) is 5.94. The lowest BCUT2D eigenvalue weighted by Gasteiger charge is -2.17. The van der Waals surface area contributed by atoms with E-state index < -0.39 is 0 Å². The molecule has 0 aliphatic carbocycles. The van der Waals surface area contributed by atoms with E-state index >= 15 is 0 Å². The van der Waals surface area contributed by atoms with Gasteiger partial charge in [-0.1, -0.05) is 41.6 Å². The van der Waals surface area contributed by atoms with Crippen molar-refractivity contribution < 1.29 is 4.79 Å². The molecule has 1 amide bonds. The number of benzene rings is 2. The number of fused-ring (bicyclic) bond motifs is 1. The molecule has 0 unspecified atom stereocenters. The van der Waals surface area contributed by atoms with Gasteiger partial charge in [-0.2, -0.15) is 0 Å². The summed E-state index contributed by atoms with van der Waals surface area (Å²) in [4.78, 5) is 23.5. The number of amidine groups is 1. The van der Waals surface area contributed by atoms with Crippen molar-refractivity contribution in [2.45, 2.75) is 25.7 Å². The van der Waals surface area contributed by atoms with E-state index in [-0.39, 0.29) is 5.91 Å². The van der Waals surface area contributed by atoms with Crippen molar-refractivity contribution in [3.63, 3.8) is 0 Å². The van der Waals surface area contributed by atoms with Crippen LogP contribution in [0.2, 0.25) is 0 Å². The van der Waals surface area contributed by atoms with Gasteiger partial charge in [0.1, 0.15) is 0 Å². The molecule has 148 valence electrons. The standard InChI is InChI=1S/C23H23N3OS2/c1-4-25-18-8-6-7-9-19(18)28-21(25)15-14-20-22(27)26(5-2)23(29-20)24-17-12-10-16(3)11-13-17/h6-15H,4-5H2,1-3H3. The molecule has 2 aliphatic rings. The van der Waals surface area contributed by atoms with E-state index in [0.717, 1.165) is 22.4 Å². The Morgan fingerprint density at radius 2 is 1.66 bits per heavy atom. The highest BCUT2D eigenvalue weighted by molar-refractivity contribution is 8.18. The molecule has 2 aliphatic heterocycles. The van der Waals surface area contributed by atoms with Crippen molar-refractivity contribution in [1.82, 2.24) is 4.90 Å². The quantitative estimate of drug-likeness (QED) is 0.573. The lowest BCUT2D eigenvalue weighted by molar-refractivity contribution is -0.122. The molecule has 0 saturated carbocycles. The molecule has 2 aromatic carbocycles. The monoisotopic (exact) mass is 421 g/mol. The van der Waals surface area contributed by atoms with Crippen LogP contribution >= 0.6 is 23.5 Å². The number of thioether (sulfide) groups is 2. The molecule has 1 saturated heterocycles. The highest BCUT2D eigenvalue weighted by atomic mass is 32.2. The third kappa shape index (κ3) is 4.00. The van der Waals surface area contributed by atoms with Crippen molar-refractivity contribution in [3.05, 3.63) is 76.2 Å². The molecule has 0 radical (unpaired) electrons. The minimum atomic E-state index is 0.0174. The lowest BCUT2D eigenvalue weighted by Crippen LogP contribution is -2.28. The minimum absolute atomic E-state index is 0.0174. The second-order valence-electron chi connectivity index (χ2n) is 6.73. The molecular weight excluding hydrogens is 398 g/mol. The van der Waals surface area contributed by atoms with Crippen molar-refractivity contribution in [1.29, 1.82) is 0 Å². The summed E-state index contributed by atoms with van der Waals surface area (Å²) in [5, 5.41) is 1.88. The van der Waals surface area contributed by atoms with Crippen LogP contribution in [0.4, 0.5) is 11.4 Å². The van der Waals surface area contributed by atoms with Crippen LogP contribution in [-0.4, -0.2) is 29.1 Å². The van der Waals surface area contributed by atoms with E-state index in [1.54, 1.807) is 16.7 Å². The lowest BCUT2D eigenvalue weighted by atomic mass is 10.2. The summed E-state index contributed by atoms with van der Waals surface area (Å²) in [6, 6.07) is 16.4. The SMILES string of the molecule is CCN1C(=O)C(=CC=C2Sc3ccccc3N2CC)SC1=Nc1ccc(C)cc1. The largest absolute Gasteiger partial charge is 0.335 e. The van der Waals surface area contributed by atoms with Crippen LogP contribution in [0.3, 0.4) is 0 Å². The number of likely N-dealkylation sites (N-methyl/N-ethyl adjacent to an activating group) is 1. The molecule has 0 atom stereocenters. The zero-order chi connectivity index (χ0) is 20.4. The maximum Gasteiger partial charge on any atom is 0.266 e. The Labute approximate surface area is 180 Å². The maximum absolute atomic E-state index is 12.9. The van der Waals surface area contributed by atoms with E-state index in [1.165, 1.54) is 27.9 Å². The number of carbonyl (C=O) groups is 1. The molecule has 0 bridgehead atoms. The van der Waals surface area contributed by atoms with Crippen LogP contribution < -0.4 is 4.90 Å². The first kappa shape index (κ1) is 19.9. The average Bonchev–Trinajstić information content (AvgIpc) is 3.24. The zero-order valence-corrected chi connectivity index (χ0v) is 18.4. The van der Waals surface area contributed by atoms with Gasteiger partial charge in [-0.3, -0.25) is 9.69 Å². The van der Waals surface area contributed by atoms with E-state index in [2.05, 4.69) is 49.1 Å². The number of aliphatic imine (C=N–C) groups is 1. The van der Waals surface area contributed by atoms with Gasteiger partial charge in [-0.05, 0) is 69.0 Å². The fraction of sp³-hybridized carbons (Fsp3) is 0.217. The Balaban J connectivity index is 1.60. The first-order valence-corrected chi connectivity index (χ1v) is 11.4. The number of carbonyl (C=O) groups excluding carboxylic acids is 1. The van der Waals surface area contributed by atoms with Gasteiger partial charge in [-0.15, -0.1) is 0 Å². The molecule has 0 spiro atoms. The fourth-order valence-corrected chi connectivity index (χ4v) is 5.40. The third-order valence-electron chi connectivity index (χ3n) is 4.79. The van der Waals surface area contributed by atoms with Crippen LogP contribution in [0.5, 0.6) is 0 Å². The Morgan fingerprint density at radius 3 is 2.38 bits per heavy atom. The number of anilines is 1. The number of para-hydroxylation sites is 1. The second-order valence-corrected chi connectivity index (χ2v) is 8.80. The summed E-state index contributed by atoms with van der Waals surface area (Å²) < 4.78 is 0. The van der Waals surface area contributed by atoms with Crippen LogP contribution in [0.1, 0.15) is 19.4 Å². The number of rotatable bonds is 4. The van der Waals surface area contributed by atoms with Crippen molar-refractivity contribution >= 4 is 46.0 Å². The molecule has 6 heteroatoms. The molecule has 29 heavy (non-hydrogen) atoms. The summed E-state index contributed by atoms with van der Waals surface area (Å²) in [6.45, 7) is 7.67. The normalized spacial score (nSPS) is 20.4. The number of allylic oxidation sites excluding steroid dienone is 2. The molecule has 1 fully saturated rings. The van der Waals surface area contributed by atoms with E-state index in [4.69, 9.17) is 4.99 Å². The summed E-state index contributed by atoms with van der Waals surface area (Å²) >= 11 is 3.18. The van der Waals surface area contributed by atoms with Crippen LogP contribution in [-0.2, 0) is 4.79 Å². The van der Waals surface area contributed by atoms with Crippen molar-refractivity contribution in [2.24, 2.45) is 4.99 Å². The van der Waals surface area contributed by atoms with Crippen LogP contribution in [0, 0.1) is 6.92 Å². The molecular formula is C23H23N3OS2. The van der Waals surface area contributed by atoms with Gasteiger partial charge in [0.25, 0.3) is 5.91 Å². The number of aryl methyl sites for hydroxylation is 1. The molecule has 0 N–H and O–H groups in total. The van der Waals surface area contributed by atoms with E-state index in [9.17, 15) is 4.79 Å².